The predicted octanol–water partition coefficient (Wildman–Crippen LogP) is 3.90. The Hall–Kier alpha value is -2.56. The van der Waals surface area contributed by atoms with Gasteiger partial charge in [0.2, 0.25) is 0 Å². The molecule has 24 heavy (non-hydrogen) atoms. The van der Waals surface area contributed by atoms with Crippen molar-refractivity contribution in [2.75, 3.05) is 5.32 Å². The average Bonchev–Trinajstić information content (AvgIpc) is 2.99. The van der Waals surface area contributed by atoms with Crippen LogP contribution < -0.4 is 5.32 Å². The quantitative estimate of drug-likeness (QED) is 0.791. The summed E-state index contributed by atoms with van der Waals surface area (Å²) in [7, 11) is 1.85. The van der Waals surface area contributed by atoms with Crippen molar-refractivity contribution in [1.29, 1.82) is 0 Å². The van der Waals surface area contributed by atoms with E-state index in [1.54, 1.807) is 4.68 Å². The van der Waals surface area contributed by atoms with Crippen molar-refractivity contribution in [3.63, 3.8) is 0 Å². The molecule has 5 nitrogen and oxygen atoms in total. The van der Waals surface area contributed by atoms with Gasteiger partial charge in [-0.2, -0.15) is 5.10 Å². The van der Waals surface area contributed by atoms with Crippen LogP contribution in [0.2, 0.25) is 0 Å². The Morgan fingerprint density at radius 3 is 2.62 bits per heavy atom. The molecule has 1 N–H and O–H groups in total. The first-order chi connectivity index (χ1) is 11.4. The second kappa shape index (κ2) is 6.15. The molecule has 0 fully saturated rings. The third kappa shape index (κ3) is 2.94. The highest BCUT2D eigenvalue weighted by molar-refractivity contribution is 6.06. The highest BCUT2D eigenvalue weighted by Gasteiger charge is 2.17. The highest BCUT2D eigenvalue weighted by atomic mass is 16.1. The Kier molecular flexibility index (Phi) is 4.18. The van der Waals surface area contributed by atoms with Crippen LogP contribution >= 0.6 is 0 Å². The van der Waals surface area contributed by atoms with Crippen LogP contribution in [0.25, 0.3) is 10.9 Å². The summed E-state index contributed by atoms with van der Waals surface area (Å²) < 4.78 is 3.99. The summed E-state index contributed by atoms with van der Waals surface area (Å²) in [6.07, 6.45) is 2.10. The first-order valence-electron chi connectivity index (χ1n) is 8.27. The highest BCUT2D eigenvalue weighted by Crippen LogP contribution is 2.22. The number of hydrogen-bond acceptors (Lipinski definition) is 2. The number of amides is 1. The van der Waals surface area contributed by atoms with Crippen LogP contribution in [0, 0.1) is 19.8 Å². The maximum Gasteiger partial charge on any atom is 0.259 e. The first-order valence-corrected chi connectivity index (χ1v) is 8.27. The maximum atomic E-state index is 12.6. The van der Waals surface area contributed by atoms with E-state index in [1.165, 1.54) is 5.52 Å². The van der Waals surface area contributed by atoms with Gasteiger partial charge in [-0.1, -0.05) is 13.8 Å². The van der Waals surface area contributed by atoms with Crippen molar-refractivity contribution >= 4 is 22.5 Å². The summed E-state index contributed by atoms with van der Waals surface area (Å²) >= 11 is 0. The number of aryl methyl sites for hydroxylation is 2. The van der Waals surface area contributed by atoms with Gasteiger partial charge < -0.3 is 9.88 Å². The van der Waals surface area contributed by atoms with E-state index < -0.39 is 0 Å². The van der Waals surface area contributed by atoms with E-state index in [2.05, 4.69) is 47.2 Å². The van der Waals surface area contributed by atoms with E-state index in [1.807, 2.05) is 33.0 Å². The van der Waals surface area contributed by atoms with Gasteiger partial charge >= 0.3 is 0 Å². The molecule has 0 unspecified atom stereocenters. The molecule has 126 valence electrons. The summed E-state index contributed by atoms with van der Waals surface area (Å²) in [5.41, 5.74) is 4.26. The SMILES string of the molecule is Cc1nn(C)c(C)c1C(=O)Nc1ccc2c(ccn2CC(C)C)c1. The van der Waals surface area contributed by atoms with Gasteiger partial charge in [0.25, 0.3) is 5.91 Å². The minimum Gasteiger partial charge on any atom is -0.347 e. The lowest BCUT2D eigenvalue weighted by Crippen LogP contribution is -2.14. The third-order valence-electron chi connectivity index (χ3n) is 4.33. The van der Waals surface area contributed by atoms with Crippen molar-refractivity contribution < 1.29 is 4.79 Å². The van der Waals surface area contributed by atoms with Crippen molar-refractivity contribution in [3.8, 4) is 0 Å². The van der Waals surface area contributed by atoms with Gasteiger partial charge in [-0.05, 0) is 44.0 Å². The van der Waals surface area contributed by atoms with Crippen LogP contribution in [0.3, 0.4) is 0 Å². The van der Waals surface area contributed by atoms with Crippen LogP contribution in [-0.2, 0) is 13.6 Å². The molecule has 0 spiro atoms. The van der Waals surface area contributed by atoms with Crippen LogP contribution in [0.15, 0.2) is 30.5 Å². The zero-order valence-corrected chi connectivity index (χ0v) is 14.9. The lowest BCUT2D eigenvalue weighted by molar-refractivity contribution is 0.102. The van der Waals surface area contributed by atoms with E-state index in [9.17, 15) is 4.79 Å². The Morgan fingerprint density at radius 1 is 1.25 bits per heavy atom. The number of benzene rings is 1. The molecule has 3 rings (SSSR count). The molecule has 0 aliphatic rings. The molecule has 0 aliphatic heterocycles. The minimum absolute atomic E-state index is 0.112. The number of rotatable bonds is 4. The summed E-state index contributed by atoms with van der Waals surface area (Å²) in [5.74, 6) is 0.482. The van der Waals surface area contributed by atoms with E-state index >= 15 is 0 Å². The number of nitrogens with zero attached hydrogens (tertiary/aromatic N) is 3. The predicted molar refractivity (Wildman–Crippen MR) is 97.4 cm³/mol. The zero-order valence-electron chi connectivity index (χ0n) is 14.9. The fourth-order valence-corrected chi connectivity index (χ4v) is 3.13. The van der Waals surface area contributed by atoms with E-state index in [0.717, 1.165) is 29.0 Å². The Morgan fingerprint density at radius 2 is 2.00 bits per heavy atom. The zero-order chi connectivity index (χ0) is 17.4. The number of carbonyl (C=O) groups excluding carboxylic acids is 1. The largest absolute Gasteiger partial charge is 0.347 e. The Labute approximate surface area is 142 Å². The van der Waals surface area contributed by atoms with E-state index in [4.69, 9.17) is 0 Å². The van der Waals surface area contributed by atoms with E-state index in [-0.39, 0.29) is 5.91 Å². The number of aromatic nitrogens is 3. The summed E-state index contributed by atoms with van der Waals surface area (Å²) in [4.78, 5) is 12.6. The monoisotopic (exact) mass is 324 g/mol. The molecule has 0 aliphatic carbocycles. The normalized spacial score (nSPS) is 11.4. The van der Waals surface area contributed by atoms with Gasteiger partial charge in [0, 0.05) is 42.1 Å². The molecule has 2 heterocycles. The van der Waals surface area contributed by atoms with Gasteiger partial charge in [0.1, 0.15) is 0 Å². The van der Waals surface area contributed by atoms with Crippen molar-refractivity contribution in [2.24, 2.45) is 13.0 Å². The summed E-state index contributed by atoms with van der Waals surface area (Å²) in [5, 5.41) is 8.43. The second-order valence-electron chi connectivity index (χ2n) is 6.76. The molecule has 0 saturated heterocycles. The second-order valence-corrected chi connectivity index (χ2v) is 6.76. The molecule has 0 bridgehead atoms. The number of hydrogen-bond donors (Lipinski definition) is 1. The average molecular weight is 324 g/mol. The van der Waals surface area contributed by atoms with Gasteiger partial charge in [0.05, 0.1) is 11.3 Å². The van der Waals surface area contributed by atoms with Gasteiger partial charge in [-0.15, -0.1) is 0 Å². The lowest BCUT2D eigenvalue weighted by atomic mass is 10.1. The van der Waals surface area contributed by atoms with Crippen molar-refractivity contribution in [3.05, 3.63) is 47.4 Å². The van der Waals surface area contributed by atoms with Crippen molar-refractivity contribution in [1.82, 2.24) is 14.3 Å². The number of anilines is 1. The Balaban J connectivity index is 1.86. The Bertz CT molecular complexity index is 902. The van der Waals surface area contributed by atoms with Crippen LogP contribution in [-0.4, -0.2) is 20.3 Å². The van der Waals surface area contributed by atoms with Gasteiger partial charge in [-0.25, -0.2) is 0 Å². The summed E-state index contributed by atoms with van der Waals surface area (Å²) in [6.45, 7) is 9.17. The molecular formula is C19H24N4O. The molecule has 3 aromatic rings. The third-order valence-corrected chi connectivity index (χ3v) is 4.33. The van der Waals surface area contributed by atoms with Gasteiger partial charge in [-0.3, -0.25) is 9.48 Å². The van der Waals surface area contributed by atoms with Crippen LogP contribution in [0.5, 0.6) is 0 Å². The first kappa shape index (κ1) is 16.3. The lowest BCUT2D eigenvalue weighted by Gasteiger charge is -2.09. The van der Waals surface area contributed by atoms with Crippen LogP contribution in [0.1, 0.15) is 35.6 Å². The fraction of sp³-hybridized carbons (Fsp3) is 0.368. The standard InChI is InChI=1S/C19H24N4O/c1-12(2)11-23-9-8-15-10-16(6-7-17(15)23)20-19(24)18-13(3)21-22(5)14(18)4/h6-10,12H,11H2,1-5H3,(H,20,24). The fourth-order valence-electron chi connectivity index (χ4n) is 3.13. The smallest absolute Gasteiger partial charge is 0.259 e. The molecule has 5 heteroatoms. The maximum absolute atomic E-state index is 12.6. The number of nitrogens with one attached hydrogen (secondary N) is 1. The molecule has 0 radical (unpaired) electrons. The topological polar surface area (TPSA) is 51.9 Å². The molecule has 0 atom stereocenters. The molecule has 0 saturated carbocycles. The molecule has 1 amide bonds. The molecular weight excluding hydrogens is 300 g/mol. The van der Waals surface area contributed by atoms with E-state index in [0.29, 0.717) is 11.5 Å². The van der Waals surface area contributed by atoms with Gasteiger partial charge in [0.15, 0.2) is 0 Å². The molecule has 2 aromatic heterocycles. The number of fused-ring (bicyclic) bond motifs is 1. The van der Waals surface area contributed by atoms with Crippen molar-refractivity contribution in [2.45, 2.75) is 34.2 Å². The molecule has 1 aromatic carbocycles. The van der Waals surface area contributed by atoms with Crippen LogP contribution in [0.4, 0.5) is 5.69 Å². The number of carbonyl (C=O) groups is 1. The summed E-state index contributed by atoms with van der Waals surface area (Å²) in [6, 6.07) is 8.13. The minimum atomic E-state index is -0.112.